The summed E-state index contributed by atoms with van der Waals surface area (Å²) in [7, 11) is 3.33. The van der Waals surface area contributed by atoms with Crippen LogP contribution in [0.25, 0.3) is 0 Å². The van der Waals surface area contributed by atoms with Crippen molar-refractivity contribution in [1.82, 2.24) is 0 Å². The van der Waals surface area contributed by atoms with Gasteiger partial charge in [-0.05, 0) is 55.0 Å². The third kappa shape index (κ3) is 3.07. The third-order valence-electron chi connectivity index (χ3n) is 8.98. The Morgan fingerprint density at radius 2 is 1.76 bits per heavy atom. The van der Waals surface area contributed by atoms with E-state index in [-0.39, 0.29) is 17.1 Å². The fourth-order valence-corrected chi connectivity index (χ4v) is 6.87. The van der Waals surface area contributed by atoms with Crippen LogP contribution in [-0.2, 0) is 4.84 Å². The number of anilines is 1. The second-order valence-corrected chi connectivity index (χ2v) is 10.7. The Bertz CT molecular complexity index is 1190. The number of hydrogen-bond acceptors (Lipinski definition) is 6. The van der Waals surface area contributed by atoms with Gasteiger partial charge >= 0.3 is 0 Å². The van der Waals surface area contributed by atoms with Gasteiger partial charge in [0.1, 0.15) is 5.71 Å². The Kier molecular flexibility index (Phi) is 4.91. The van der Waals surface area contributed by atoms with Crippen molar-refractivity contribution in [1.29, 1.82) is 0 Å². The van der Waals surface area contributed by atoms with Crippen molar-refractivity contribution >= 4 is 22.8 Å². The lowest BCUT2D eigenvalue weighted by Gasteiger charge is -2.44. The Morgan fingerprint density at radius 1 is 0.971 bits per heavy atom. The van der Waals surface area contributed by atoms with E-state index in [1.807, 2.05) is 18.2 Å². The zero-order valence-electron chi connectivity index (χ0n) is 20.4. The highest BCUT2D eigenvalue weighted by Gasteiger charge is 2.67. The van der Waals surface area contributed by atoms with Crippen molar-refractivity contribution in [3.8, 4) is 11.5 Å². The summed E-state index contributed by atoms with van der Waals surface area (Å²) in [5.41, 5.74) is 5.04. The molecule has 2 aliphatic heterocycles. The summed E-state index contributed by atoms with van der Waals surface area (Å²) in [6.07, 6.45) is 5.40. The van der Waals surface area contributed by atoms with E-state index in [0.29, 0.717) is 5.92 Å². The maximum absolute atomic E-state index is 6.40. The molecule has 2 fully saturated rings. The number of rotatable bonds is 4. The first kappa shape index (κ1) is 21.5. The molecule has 0 aromatic heterocycles. The topological polar surface area (TPSA) is 64.4 Å². The van der Waals surface area contributed by atoms with Crippen LogP contribution in [0, 0.1) is 17.3 Å². The molecule has 2 aliphatic carbocycles. The summed E-state index contributed by atoms with van der Waals surface area (Å²) in [6.45, 7) is 4.76. The molecule has 6 heteroatoms. The van der Waals surface area contributed by atoms with Crippen molar-refractivity contribution in [2.24, 2.45) is 27.4 Å². The minimum Gasteiger partial charge on any atom is -0.493 e. The number of aliphatic imine (C=N–C) groups is 1. The van der Waals surface area contributed by atoms with E-state index in [0.717, 1.165) is 58.6 Å². The summed E-state index contributed by atoms with van der Waals surface area (Å²) < 4.78 is 11.0. The van der Waals surface area contributed by atoms with Crippen LogP contribution in [0.1, 0.15) is 57.6 Å². The van der Waals surface area contributed by atoms with Gasteiger partial charge in [0.15, 0.2) is 17.1 Å². The van der Waals surface area contributed by atoms with Crippen molar-refractivity contribution in [2.45, 2.75) is 57.6 Å². The first-order valence-electron chi connectivity index (χ1n) is 12.4. The van der Waals surface area contributed by atoms with Crippen molar-refractivity contribution in [3.63, 3.8) is 0 Å². The summed E-state index contributed by atoms with van der Waals surface area (Å²) in [6, 6.07) is 14.4. The van der Waals surface area contributed by atoms with E-state index >= 15 is 0 Å². The SMILES string of the molecule is COc1ccc(C2CC(C3=NOC4(C3)C3CCC(C3)C4(C)C)=Nc3ccccc3N2)cc1OC. The van der Waals surface area contributed by atoms with Gasteiger partial charge in [0.2, 0.25) is 0 Å². The molecule has 1 spiro atoms. The van der Waals surface area contributed by atoms with E-state index in [9.17, 15) is 0 Å². The molecule has 6 nitrogen and oxygen atoms in total. The Morgan fingerprint density at radius 3 is 2.53 bits per heavy atom. The first-order valence-corrected chi connectivity index (χ1v) is 12.4. The van der Waals surface area contributed by atoms with E-state index in [4.69, 9.17) is 24.5 Å². The summed E-state index contributed by atoms with van der Waals surface area (Å²) in [5.74, 6) is 2.77. The van der Waals surface area contributed by atoms with Gasteiger partial charge in [-0.25, -0.2) is 4.99 Å². The number of benzene rings is 2. The lowest BCUT2D eigenvalue weighted by atomic mass is 9.63. The van der Waals surface area contributed by atoms with Crippen LogP contribution in [0.4, 0.5) is 11.4 Å². The lowest BCUT2D eigenvalue weighted by Crippen LogP contribution is -2.49. The fraction of sp³-hybridized carbons (Fsp3) is 0.500. The highest BCUT2D eigenvalue weighted by Crippen LogP contribution is 2.65. The maximum atomic E-state index is 6.40. The number of ether oxygens (including phenoxy) is 2. The number of oxime groups is 1. The van der Waals surface area contributed by atoms with Crippen molar-refractivity contribution in [3.05, 3.63) is 48.0 Å². The van der Waals surface area contributed by atoms with Gasteiger partial charge in [0.05, 0.1) is 37.3 Å². The molecule has 2 bridgehead atoms. The van der Waals surface area contributed by atoms with Crippen LogP contribution in [0.5, 0.6) is 11.5 Å². The molecule has 2 saturated carbocycles. The van der Waals surface area contributed by atoms with E-state index in [2.05, 4.69) is 43.4 Å². The Hall–Kier alpha value is -3.02. The molecular formula is C28H33N3O3. The minimum atomic E-state index is -0.189. The van der Waals surface area contributed by atoms with Crippen molar-refractivity contribution < 1.29 is 14.3 Å². The molecule has 6 rings (SSSR count). The zero-order valence-corrected chi connectivity index (χ0v) is 20.4. The molecule has 1 N–H and O–H groups in total. The predicted octanol–water partition coefficient (Wildman–Crippen LogP) is 6.30. The quantitative estimate of drug-likeness (QED) is 0.582. The van der Waals surface area contributed by atoms with Gasteiger partial charge in [0.25, 0.3) is 0 Å². The summed E-state index contributed by atoms with van der Waals surface area (Å²) in [5, 5.41) is 8.44. The van der Waals surface area contributed by atoms with Gasteiger partial charge in [-0.15, -0.1) is 0 Å². The average molecular weight is 460 g/mol. The largest absolute Gasteiger partial charge is 0.493 e. The molecule has 0 radical (unpaired) electrons. The van der Waals surface area contributed by atoms with Crippen LogP contribution in [0.2, 0.25) is 0 Å². The smallest absolute Gasteiger partial charge is 0.161 e. The van der Waals surface area contributed by atoms with Gasteiger partial charge in [0, 0.05) is 24.2 Å². The Labute approximate surface area is 201 Å². The van der Waals surface area contributed by atoms with Crippen LogP contribution in [0.3, 0.4) is 0 Å². The number of fused-ring (bicyclic) bond motifs is 4. The molecule has 4 atom stereocenters. The van der Waals surface area contributed by atoms with Crippen LogP contribution in [-0.4, -0.2) is 31.2 Å². The van der Waals surface area contributed by atoms with E-state index in [1.165, 1.54) is 19.3 Å². The van der Waals surface area contributed by atoms with Crippen LogP contribution in [0.15, 0.2) is 52.6 Å². The Balaban J connectivity index is 1.36. The highest BCUT2D eigenvalue weighted by molar-refractivity contribution is 6.43. The molecular weight excluding hydrogens is 426 g/mol. The van der Waals surface area contributed by atoms with Crippen LogP contribution >= 0.6 is 0 Å². The summed E-state index contributed by atoms with van der Waals surface area (Å²) in [4.78, 5) is 11.5. The molecule has 178 valence electrons. The molecule has 2 aromatic rings. The first-order chi connectivity index (χ1) is 16.4. The number of nitrogens with zero attached hydrogens (tertiary/aromatic N) is 2. The van der Waals surface area contributed by atoms with E-state index < -0.39 is 0 Å². The molecule has 2 heterocycles. The molecule has 2 aromatic carbocycles. The third-order valence-corrected chi connectivity index (χ3v) is 8.98. The molecule has 0 amide bonds. The number of para-hydroxylation sites is 2. The second-order valence-electron chi connectivity index (χ2n) is 10.7. The maximum Gasteiger partial charge on any atom is 0.161 e. The average Bonchev–Trinajstić information content (AvgIpc) is 3.52. The van der Waals surface area contributed by atoms with Gasteiger partial charge < -0.3 is 19.6 Å². The number of hydrogen-bond donors (Lipinski definition) is 1. The molecule has 4 aliphatic rings. The zero-order chi connectivity index (χ0) is 23.5. The highest BCUT2D eigenvalue weighted by atomic mass is 16.7. The molecule has 0 saturated heterocycles. The predicted molar refractivity (Wildman–Crippen MR) is 135 cm³/mol. The number of methoxy groups -OCH3 is 2. The van der Waals surface area contributed by atoms with Gasteiger partial charge in [-0.3, -0.25) is 0 Å². The van der Waals surface area contributed by atoms with Crippen molar-refractivity contribution in [2.75, 3.05) is 19.5 Å². The van der Waals surface area contributed by atoms with Gasteiger partial charge in [-0.1, -0.05) is 37.2 Å². The normalized spacial score (nSPS) is 30.6. The lowest BCUT2D eigenvalue weighted by molar-refractivity contribution is -0.135. The van der Waals surface area contributed by atoms with Gasteiger partial charge in [-0.2, -0.15) is 0 Å². The number of nitrogens with one attached hydrogen (secondary N) is 1. The summed E-state index contributed by atoms with van der Waals surface area (Å²) >= 11 is 0. The fourth-order valence-electron chi connectivity index (χ4n) is 6.87. The monoisotopic (exact) mass is 459 g/mol. The second kappa shape index (κ2) is 7.76. The van der Waals surface area contributed by atoms with Crippen LogP contribution < -0.4 is 14.8 Å². The minimum absolute atomic E-state index is 0.0227. The standard InChI is InChI=1S/C28H33N3O3/c1-27(2)18-10-11-19(14-18)28(27)16-24(31-34-28)23-15-22(29-20-7-5-6-8-21(20)30-23)17-9-12-25(32-3)26(13-17)33-4/h5-9,12-13,18-19,22,29H,10-11,14-16H2,1-4H3. The molecule has 34 heavy (non-hydrogen) atoms. The van der Waals surface area contributed by atoms with E-state index in [1.54, 1.807) is 14.2 Å². The molecule has 4 unspecified atom stereocenters.